The van der Waals surface area contributed by atoms with Gasteiger partial charge in [0.2, 0.25) is 0 Å². The van der Waals surface area contributed by atoms with Gasteiger partial charge in [0.1, 0.15) is 0 Å². The van der Waals surface area contributed by atoms with Gasteiger partial charge in [-0.2, -0.15) is 0 Å². The fourth-order valence-corrected chi connectivity index (χ4v) is 4.20. The molecule has 2 aromatic carbocycles. The maximum absolute atomic E-state index is 12.3. The smallest absolute Gasteiger partial charge is 0.0434 e. The van der Waals surface area contributed by atoms with Gasteiger partial charge in [-0.3, -0.25) is 4.21 Å². The first-order valence-corrected chi connectivity index (χ1v) is 9.13. The summed E-state index contributed by atoms with van der Waals surface area (Å²) in [6.45, 7) is 4.32. The standard InChI is InChI=1S/C18H25NOS/c1-4-14(2)12-21(20)13-18(19-3)17-10-9-15-7-5-6-8-16(15)11-17/h5-11,14,18-19H,4,12-13H2,1-3H3. The molecule has 21 heavy (non-hydrogen) atoms. The van der Waals surface area contributed by atoms with Crippen LogP contribution in [-0.4, -0.2) is 22.8 Å². The van der Waals surface area contributed by atoms with Crippen molar-refractivity contribution in [3.63, 3.8) is 0 Å². The Bertz CT molecular complexity index is 611. The van der Waals surface area contributed by atoms with Gasteiger partial charge in [-0.15, -0.1) is 0 Å². The van der Waals surface area contributed by atoms with Crippen LogP contribution in [-0.2, 0) is 10.8 Å². The van der Waals surface area contributed by atoms with Gasteiger partial charge in [-0.25, -0.2) is 0 Å². The quantitative estimate of drug-likeness (QED) is 0.840. The van der Waals surface area contributed by atoms with Gasteiger partial charge in [-0.1, -0.05) is 56.7 Å². The van der Waals surface area contributed by atoms with Crippen LogP contribution in [0.15, 0.2) is 42.5 Å². The zero-order valence-electron chi connectivity index (χ0n) is 13.1. The molecule has 0 heterocycles. The Hall–Kier alpha value is -1.19. The molecule has 0 aliphatic carbocycles. The predicted octanol–water partition coefficient (Wildman–Crippen LogP) is 3.90. The summed E-state index contributed by atoms with van der Waals surface area (Å²) < 4.78 is 12.3. The Labute approximate surface area is 130 Å². The zero-order valence-corrected chi connectivity index (χ0v) is 14.0. The fraction of sp³-hybridized carbons (Fsp3) is 0.444. The zero-order chi connectivity index (χ0) is 15.2. The van der Waals surface area contributed by atoms with E-state index < -0.39 is 10.8 Å². The molecule has 0 saturated carbocycles. The van der Waals surface area contributed by atoms with Gasteiger partial charge >= 0.3 is 0 Å². The molecule has 114 valence electrons. The van der Waals surface area contributed by atoms with Crippen LogP contribution in [0.3, 0.4) is 0 Å². The first-order chi connectivity index (χ1) is 10.1. The molecule has 2 aromatic rings. The van der Waals surface area contributed by atoms with Crippen molar-refractivity contribution in [3.05, 3.63) is 48.0 Å². The molecule has 0 fully saturated rings. The Balaban J connectivity index is 2.13. The van der Waals surface area contributed by atoms with E-state index in [0.29, 0.717) is 11.7 Å². The van der Waals surface area contributed by atoms with E-state index in [1.165, 1.54) is 16.3 Å². The predicted molar refractivity (Wildman–Crippen MR) is 93.1 cm³/mol. The normalized spacial score (nSPS) is 15.8. The van der Waals surface area contributed by atoms with Crippen molar-refractivity contribution in [3.8, 4) is 0 Å². The van der Waals surface area contributed by atoms with E-state index in [0.717, 1.165) is 12.2 Å². The second-order valence-corrected chi connectivity index (χ2v) is 7.28. The van der Waals surface area contributed by atoms with E-state index in [9.17, 15) is 4.21 Å². The summed E-state index contributed by atoms with van der Waals surface area (Å²) >= 11 is 0. The van der Waals surface area contributed by atoms with Crippen molar-refractivity contribution in [2.75, 3.05) is 18.6 Å². The van der Waals surface area contributed by atoms with Gasteiger partial charge in [0, 0.05) is 28.3 Å². The SMILES string of the molecule is CCC(C)CS(=O)CC(NC)c1ccc2ccccc2c1. The van der Waals surface area contributed by atoms with E-state index in [1.54, 1.807) is 0 Å². The van der Waals surface area contributed by atoms with E-state index in [1.807, 2.05) is 7.05 Å². The Morgan fingerprint density at radius 3 is 2.48 bits per heavy atom. The molecule has 3 atom stereocenters. The first-order valence-electron chi connectivity index (χ1n) is 7.65. The lowest BCUT2D eigenvalue weighted by Gasteiger charge is -2.18. The monoisotopic (exact) mass is 303 g/mol. The van der Waals surface area contributed by atoms with Gasteiger partial charge in [0.15, 0.2) is 0 Å². The third-order valence-electron chi connectivity index (χ3n) is 4.04. The summed E-state index contributed by atoms with van der Waals surface area (Å²) in [4.78, 5) is 0. The molecule has 0 aliphatic rings. The van der Waals surface area contributed by atoms with Crippen LogP contribution in [0.2, 0.25) is 0 Å². The molecule has 0 radical (unpaired) electrons. The van der Waals surface area contributed by atoms with Gasteiger partial charge in [0.05, 0.1) is 0 Å². The summed E-state index contributed by atoms with van der Waals surface area (Å²) in [7, 11) is 1.17. The molecule has 2 nitrogen and oxygen atoms in total. The minimum absolute atomic E-state index is 0.152. The topological polar surface area (TPSA) is 29.1 Å². The molecule has 2 rings (SSSR count). The largest absolute Gasteiger partial charge is 0.312 e. The van der Waals surface area contributed by atoms with Crippen LogP contribution in [0, 0.1) is 5.92 Å². The van der Waals surface area contributed by atoms with Crippen molar-refractivity contribution in [1.29, 1.82) is 0 Å². The molecule has 3 heteroatoms. The van der Waals surface area contributed by atoms with Crippen LogP contribution in [0.4, 0.5) is 0 Å². The van der Waals surface area contributed by atoms with Crippen LogP contribution < -0.4 is 5.32 Å². The molecule has 0 saturated heterocycles. The maximum atomic E-state index is 12.3. The highest BCUT2D eigenvalue weighted by Crippen LogP contribution is 2.21. The highest BCUT2D eigenvalue weighted by Gasteiger charge is 2.15. The lowest BCUT2D eigenvalue weighted by atomic mass is 10.0. The van der Waals surface area contributed by atoms with E-state index in [2.05, 4.69) is 61.6 Å². The highest BCUT2D eigenvalue weighted by molar-refractivity contribution is 7.85. The number of benzene rings is 2. The molecular weight excluding hydrogens is 278 g/mol. The second kappa shape index (κ2) is 7.71. The van der Waals surface area contributed by atoms with E-state index >= 15 is 0 Å². The lowest BCUT2D eigenvalue weighted by Crippen LogP contribution is -2.24. The fourth-order valence-electron chi connectivity index (χ4n) is 2.46. The number of hydrogen-bond acceptors (Lipinski definition) is 2. The van der Waals surface area contributed by atoms with Gasteiger partial charge in [0.25, 0.3) is 0 Å². The summed E-state index contributed by atoms with van der Waals surface area (Å²) in [5.41, 5.74) is 1.22. The van der Waals surface area contributed by atoms with Crippen molar-refractivity contribution in [1.82, 2.24) is 5.32 Å². The van der Waals surface area contributed by atoms with Crippen molar-refractivity contribution in [2.45, 2.75) is 26.3 Å². The molecule has 1 N–H and O–H groups in total. The van der Waals surface area contributed by atoms with E-state index in [-0.39, 0.29) is 6.04 Å². The first kappa shape index (κ1) is 16.2. The van der Waals surface area contributed by atoms with Crippen LogP contribution in [0.5, 0.6) is 0 Å². The van der Waals surface area contributed by atoms with Crippen molar-refractivity contribution >= 4 is 21.6 Å². The number of nitrogens with one attached hydrogen (secondary N) is 1. The number of rotatable bonds is 7. The molecular formula is C18H25NOS. The van der Waals surface area contributed by atoms with Crippen LogP contribution >= 0.6 is 0 Å². The third kappa shape index (κ3) is 4.39. The van der Waals surface area contributed by atoms with E-state index in [4.69, 9.17) is 0 Å². The van der Waals surface area contributed by atoms with Crippen LogP contribution in [0.1, 0.15) is 31.9 Å². The van der Waals surface area contributed by atoms with Crippen molar-refractivity contribution < 1.29 is 4.21 Å². The molecule has 3 unspecified atom stereocenters. The summed E-state index contributed by atoms with van der Waals surface area (Å²) in [6, 6.07) is 15.0. The minimum atomic E-state index is -0.777. The molecule has 0 aliphatic heterocycles. The average molecular weight is 303 g/mol. The molecule has 0 amide bonds. The summed E-state index contributed by atoms with van der Waals surface area (Å²) in [5.74, 6) is 2.00. The molecule has 0 bridgehead atoms. The highest BCUT2D eigenvalue weighted by atomic mass is 32.2. The minimum Gasteiger partial charge on any atom is -0.312 e. The molecule has 0 aromatic heterocycles. The Kier molecular flexibility index (Phi) is 5.95. The second-order valence-electron chi connectivity index (χ2n) is 5.73. The van der Waals surface area contributed by atoms with Crippen molar-refractivity contribution in [2.24, 2.45) is 5.92 Å². The maximum Gasteiger partial charge on any atom is 0.0434 e. The average Bonchev–Trinajstić information content (AvgIpc) is 2.52. The third-order valence-corrected chi connectivity index (χ3v) is 5.69. The summed E-state index contributed by atoms with van der Waals surface area (Å²) in [5, 5.41) is 5.80. The molecule has 0 spiro atoms. The summed E-state index contributed by atoms with van der Waals surface area (Å²) in [6.07, 6.45) is 1.09. The van der Waals surface area contributed by atoms with Gasteiger partial charge < -0.3 is 5.32 Å². The Morgan fingerprint density at radius 1 is 1.10 bits per heavy atom. The lowest BCUT2D eigenvalue weighted by molar-refractivity contribution is 0.602. The van der Waals surface area contributed by atoms with Crippen LogP contribution in [0.25, 0.3) is 10.8 Å². The number of fused-ring (bicyclic) bond motifs is 1. The Morgan fingerprint density at radius 2 is 1.81 bits per heavy atom. The number of hydrogen-bond donors (Lipinski definition) is 1. The van der Waals surface area contributed by atoms with Gasteiger partial charge in [-0.05, 0) is 35.4 Å².